The highest BCUT2D eigenvalue weighted by Crippen LogP contribution is 2.30. The Labute approximate surface area is 131 Å². The molecule has 2 rings (SSSR count). The van der Waals surface area contributed by atoms with Crippen LogP contribution in [0.5, 0.6) is 0 Å². The van der Waals surface area contributed by atoms with Gasteiger partial charge in [-0.25, -0.2) is 8.42 Å². The van der Waals surface area contributed by atoms with E-state index in [-0.39, 0.29) is 10.9 Å². The van der Waals surface area contributed by atoms with Crippen molar-refractivity contribution in [3.05, 3.63) is 22.7 Å². The minimum Gasteiger partial charge on any atom is -0.398 e. The molecule has 1 aromatic carbocycles. The third-order valence-electron chi connectivity index (χ3n) is 4.22. The summed E-state index contributed by atoms with van der Waals surface area (Å²) in [6.45, 7) is 3.52. The topological polar surface area (TPSA) is 66.6 Å². The summed E-state index contributed by atoms with van der Waals surface area (Å²) >= 11 is 5.97. The van der Waals surface area contributed by atoms with E-state index in [1.54, 1.807) is 20.0 Å². The molecule has 1 aliphatic rings. The molecule has 21 heavy (non-hydrogen) atoms. The maximum atomic E-state index is 12.8. The molecule has 0 aliphatic carbocycles. The number of likely N-dealkylation sites (tertiary alicyclic amines) is 1. The summed E-state index contributed by atoms with van der Waals surface area (Å²) in [5, 5.41) is 0.341. The summed E-state index contributed by atoms with van der Waals surface area (Å²) in [4.78, 5) is 2.41. The summed E-state index contributed by atoms with van der Waals surface area (Å²) in [7, 11) is 0.107. The normalized spacial score (nSPS) is 18.3. The number of benzene rings is 1. The summed E-state index contributed by atoms with van der Waals surface area (Å²) in [5.41, 5.74) is 6.80. The molecule has 0 bridgehead atoms. The number of halogens is 1. The molecule has 1 saturated heterocycles. The van der Waals surface area contributed by atoms with Gasteiger partial charge < -0.3 is 10.6 Å². The van der Waals surface area contributed by atoms with Crippen molar-refractivity contribution in [3.8, 4) is 0 Å². The van der Waals surface area contributed by atoms with E-state index in [0.717, 1.165) is 25.9 Å². The molecule has 0 unspecified atom stereocenters. The molecule has 1 aliphatic heterocycles. The molecule has 1 fully saturated rings. The minimum absolute atomic E-state index is 0.0193. The first kappa shape index (κ1) is 16.5. The third kappa shape index (κ3) is 3.34. The molecule has 5 nitrogen and oxygen atoms in total. The quantitative estimate of drug-likeness (QED) is 0.860. The van der Waals surface area contributed by atoms with E-state index in [0.29, 0.717) is 16.3 Å². The Morgan fingerprint density at radius 1 is 1.33 bits per heavy atom. The number of anilines is 1. The lowest BCUT2D eigenvalue weighted by Gasteiger charge is -2.34. The number of piperidine rings is 1. The molecule has 1 aromatic rings. The van der Waals surface area contributed by atoms with Gasteiger partial charge >= 0.3 is 0 Å². The Hall–Kier alpha value is -0.820. The van der Waals surface area contributed by atoms with Crippen molar-refractivity contribution in [2.24, 2.45) is 0 Å². The maximum Gasteiger partial charge on any atom is 0.243 e. The van der Waals surface area contributed by atoms with Crippen molar-refractivity contribution in [3.63, 3.8) is 0 Å². The molecular weight excluding hydrogens is 310 g/mol. The van der Waals surface area contributed by atoms with Crippen LogP contribution in [0.15, 0.2) is 17.0 Å². The van der Waals surface area contributed by atoms with Crippen LogP contribution in [0.4, 0.5) is 5.69 Å². The van der Waals surface area contributed by atoms with E-state index in [9.17, 15) is 8.42 Å². The van der Waals surface area contributed by atoms with E-state index in [2.05, 4.69) is 4.90 Å². The molecule has 1 heterocycles. The fourth-order valence-electron chi connectivity index (χ4n) is 2.65. The van der Waals surface area contributed by atoms with Crippen molar-refractivity contribution in [2.45, 2.75) is 30.7 Å². The van der Waals surface area contributed by atoms with Gasteiger partial charge in [-0.1, -0.05) is 11.6 Å². The predicted octanol–water partition coefficient (Wildman–Crippen LogP) is 1.95. The summed E-state index contributed by atoms with van der Waals surface area (Å²) in [5.74, 6) is 0. The fraction of sp³-hybridized carbons (Fsp3) is 0.571. The van der Waals surface area contributed by atoms with Gasteiger partial charge in [-0.2, -0.15) is 4.31 Å². The van der Waals surface area contributed by atoms with Gasteiger partial charge in [0.1, 0.15) is 0 Å². The predicted molar refractivity (Wildman–Crippen MR) is 86.1 cm³/mol. The number of hydrogen-bond donors (Lipinski definition) is 1. The highest BCUT2D eigenvalue weighted by atomic mass is 35.5. The molecule has 0 saturated carbocycles. The van der Waals surface area contributed by atoms with Crippen molar-refractivity contribution in [1.82, 2.24) is 9.21 Å². The molecule has 0 amide bonds. The first-order valence-corrected chi connectivity index (χ1v) is 8.77. The van der Waals surface area contributed by atoms with Crippen LogP contribution < -0.4 is 5.73 Å². The van der Waals surface area contributed by atoms with E-state index in [1.807, 2.05) is 7.05 Å². The third-order valence-corrected chi connectivity index (χ3v) is 6.48. The van der Waals surface area contributed by atoms with Crippen LogP contribution in [0.3, 0.4) is 0 Å². The summed E-state index contributed by atoms with van der Waals surface area (Å²) < 4.78 is 27.1. The highest BCUT2D eigenvalue weighted by Gasteiger charge is 2.31. The van der Waals surface area contributed by atoms with Crippen molar-refractivity contribution >= 4 is 27.3 Å². The second kappa shape index (κ2) is 6.12. The van der Waals surface area contributed by atoms with Crippen LogP contribution >= 0.6 is 11.6 Å². The van der Waals surface area contributed by atoms with Crippen LogP contribution in [-0.4, -0.2) is 50.8 Å². The van der Waals surface area contributed by atoms with Gasteiger partial charge in [0, 0.05) is 23.8 Å². The van der Waals surface area contributed by atoms with Gasteiger partial charge in [-0.05, 0) is 57.6 Å². The molecular formula is C14H22ClN3O2S. The van der Waals surface area contributed by atoms with Crippen molar-refractivity contribution in [1.29, 1.82) is 0 Å². The van der Waals surface area contributed by atoms with Gasteiger partial charge in [-0.15, -0.1) is 0 Å². The van der Waals surface area contributed by atoms with E-state index >= 15 is 0 Å². The number of hydrogen-bond acceptors (Lipinski definition) is 4. The average molecular weight is 332 g/mol. The maximum absolute atomic E-state index is 12.8. The van der Waals surface area contributed by atoms with Gasteiger partial charge in [0.25, 0.3) is 0 Å². The lowest BCUT2D eigenvalue weighted by molar-refractivity contribution is 0.197. The SMILES string of the molecule is Cc1c(N)cc(Cl)cc1S(=O)(=O)N(C)C1CCN(C)CC1. The van der Waals surface area contributed by atoms with Crippen LogP contribution in [0.25, 0.3) is 0 Å². The number of nitrogen functional groups attached to an aromatic ring is 1. The zero-order chi connectivity index (χ0) is 15.8. The van der Waals surface area contributed by atoms with Crippen molar-refractivity contribution in [2.75, 3.05) is 32.9 Å². The number of nitrogens with two attached hydrogens (primary N) is 1. The highest BCUT2D eigenvalue weighted by molar-refractivity contribution is 7.89. The molecule has 0 aromatic heterocycles. The van der Waals surface area contributed by atoms with E-state index in [4.69, 9.17) is 17.3 Å². The molecule has 0 radical (unpaired) electrons. The van der Waals surface area contributed by atoms with Crippen molar-refractivity contribution < 1.29 is 8.42 Å². The Morgan fingerprint density at radius 3 is 2.48 bits per heavy atom. The second-order valence-corrected chi connectivity index (χ2v) is 8.08. The lowest BCUT2D eigenvalue weighted by atomic mass is 10.1. The second-order valence-electron chi connectivity index (χ2n) is 5.67. The fourth-order valence-corrected chi connectivity index (χ4v) is 4.64. The average Bonchev–Trinajstić information content (AvgIpc) is 2.42. The number of sulfonamides is 1. The first-order valence-electron chi connectivity index (χ1n) is 6.95. The summed E-state index contributed by atoms with van der Waals surface area (Å²) in [6.07, 6.45) is 1.67. The molecule has 0 atom stereocenters. The van der Waals surface area contributed by atoms with Crippen LogP contribution in [0.1, 0.15) is 18.4 Å². The Bertz CT molecular complexity index is 625. The zero-order valence-corrected chi connectivity index (χ0v) is 14.2. The van der Waals surface area contributed by atoms with Crippen LogP contribution in [0.2, 0.25) is 5.02 Å². The molecule has 0 spiro atoms. The Kier molecular flexibility index (Phi) is 4.82. The molecule has 118 valence electrons. The standard InChI is InChI=1S/C14H22ClN3O2S/c1-10-13(16)8-11(15)9-14(10)21(19,20)18(3)12-4-6-17(2)7-5-12/h8-9,12H,4-7,16H2,1-3H3. The minimum atomic E-state index is -3.58. The van der Waals surface area contributed by atoms with Crippen LogP contribution in [0, 0.1) is 6.92 Å². The largest absolute Gasteiger partial charge is 0.398 e. The number of rotatable bonds is 3. The molecule has 7 heteroatoms. The van der Waals surface area contributed by atoms with Gasteiger partial charge in [-0.3, -0.25) is 0 Å². The molecule has 2 N–H and O–H groups in total. The van der Waals surface area contributed by atoms with Gasteiger partial charge in [0.15, 0.2) is 0 Å². The summed E-state index contributed by atoms with van der Waals surface area (Å²) in [6, 6.07) is 3.07. The van der Waals surface area contributed by atoms with E-state index in [1.165, 1.54) is 10.4 Å². The smallest absolute Gasteiger partial charge is 0.243 e. The number of nitrogens with zero attached hydrogens (tertiary/aromatic N) is 2. The zero-order valence-electron chi connectivity index (χ0n) is 12.6. The Morgan fingerprint density at radius 2 is 1.90 bits per heavy atom. The monoisotopic (exact) mass is 331 g/mol. The lowest BCUT2D eigenvalue weighted by Crippen LogP contribution is -2.44. The van der Waals surface area contributed by atoms with Gasteiger partial charge in [0.05, 0.1) is 4.90 Å². The van der Waals surface area contributed by atoms with Crippen LogP contribution in [-0.2, 0) is 10.0 Å². The van der Waals surface area contributed by atoms with Gasteiger partial charge in [0.2, 0.25) is 10.0 Å². The van der Waals surface area contributed by atoms with E-state index < -0.39 is 10.0 Å². The Balaban J connectivity index is 2.34. The first-order chi connectivity index (χ1) is 9.73.